The van der Waals surface area contributed by atoms with Crippen LogP contribution in [0.2, 0.25) is 0 Å². The highest BCUT2D eigenvalue weighted by Gasteiger charge is 2.37. The van der Waals surface area contributed by atoms with Gasteiger partial charge in [-0.3, -0.25) is 10.1 Å². The molecule has 1 aromatic carbocycles. The number of hydrogen-bond donors (Lipinski definition) is 1. The minimum atomic E-state index is -1.41. The Balaban J connectivity index is 2.31. The average molecular weight is 366 g/mol. The first kappa shape index (κ1) is 18.1. The van der Waals surface area contributed by atoms with E-state index in [1.807, 2.05) is 6.07 Å². The number of pyridine rings is 1. The molecule has 0 aliphatic heterocycles. The quantitative estimate of drug-likeness (QED) is 0.247. The Labute approximate surface area is 146 Å². The van der Waals surface area contributed by atoms with Crippen molar-refractivity contribution in [2.75, 3.05) is 0 Å². The number of benzene rings is 1. The van der Waals surface area contributed by atoms with E-state index in [0.717, 1.165) is 0 Å². The van der Waals surface area contributed by atoms with Crippen molar-refractivity contribution < 1.29 is 19.6 Å². The number of nitro benzene ring substituents is 1. The van der Waals surface area contributed by atoms with Gasteiger partial charge in [0.25, 0.3) is 5.69 Å². The van der Waals surface area contributed by atoms with E-state index in [1.54, 1.807) is 25.3 Å². The number of carboxylic acid groups (broad SMARTS) is 1. The minimum absolute atomic E-state index is 0.0681. The fourth-order valence-corrected chi connectivity index (χ4v) is 4.56. The van der Waals surface area contributed by atoms with Crippen LogP contribution in [0.25, 0.3) is 0 Å². The summed E-state index contributed by atoms with van der Waals surface area (Å²) in [6.45, 7) is 1.79. The summed E-state index contributed by atoms with van der Waals surface area (Å²) in [5.41, 5.74) is 0.466. The Kier molecular flexibility index (Phi) is 6.04. The third kappa shape index (κ3) is 4.39. The molecule has 0 spiro atoms. The van der Waals surface area contributed by atoms with Crippen LogP contribution in [0.15, 0.2) is 53.7 Å². The van der Waals surface area contributed by atoms with Crippen molar-refractivity contribution >= 4 is 33.4 Å². The van der Waals surface area contributed by atoms with Crippen LogP contribution in [0, 0.1) is 10.1 Å². The molecule has 0 aliphatic rings. The molecule has 0 bridgehead atoms. The number of ether oxygens (including phenoxy) is 1. The van der Waals surface area contributed by atoms with E-state index in [4.69, 9.17) is 9.84 Å². The molecule has 2 rings (SSSR count). The predicted molar refractivity (Wildman–Crippen MR) is 91.9 cm³/mol. The van der Waals surface area contributed by atoms with E-state index in [-0.39, 0.29) is 5.69 Å². The first-order valence-corrected chi connectivity index (χ1v) is 9.05. The summed E-state index contributed by atoms with van der Waals surface area (Å²) in [5, 5.41) is 20.6. The SMILES string of the molecule is CCC(OC(=O)O)(SSc1ccccn1)c1ccc([N+](=O)[O-])cc1. The van der Waals surface area contributed by atoms with Crippen LogP contribution >= 0.6 is 21.6 Å². The Morgan fingerprint density at radius 2 is 2.04 bits per heavy atom. The van der Waals surface area contributed by atoms with Crippen molar-refractivity contribution in [1.82, 2.24) is 4.98 Å². The number of non-ortho nitro benzene ring substituents is 1. The summed E-state index contributed by atoms with van der Waals surface area (Å²) >= 11 is 0. The normalized spacial score (nSPS) is 13.0. The lowest BCUT2D eigenvalue weighted by atomic mass is 10.1. The van der Waals surface area contributed by atoms with Gasteiger partial charge >= 0.3 is 6.16 Å². The summed E-state index contributed by atoms with van der Waals surface area (Å²) in [4.78, 5) is 24.4. The van der Waals surface area contributed by atoms with Gasteiger partial charge in [-0.15, -0.1) is 0 Å². The molecule has 1 aromatic heterocycles. The second-order valence-corrected chi connectivity index (χ2v) is 7.02. The van der Waals surface area contributed by atoms with Gasteiger partial charge in [0.1, 0.15) is 5.03 Å². The van der Waals surface area contributed by atoms with Gasteiger partial charge in [-0.05, 0) is 52.3 Å². The lowest BCUT2D eigenvalue weighted by Crippen LogP contribution is -2.27. The molecule has 1 N–H and O–H groups in total. The van der Waals surface area contributed by atoms with Crippen molar-refractivity contribution in [1.29, 1.82) is 0 Å². The molecule has 1 atom stereocenters. The first-order valence-electron chi connectivity index (χ1n) is 6.90. The number of hydrogen-bond acceptors (Lipinski definition) is 7. The lowest BCUT2D eigenvalue weighted by Gasteiger charge is -2.30. The number of nitro groups is 1. The van der Waals surface area contributed by atoms with E-state index >= 15 is 0 Å². The Bertz CT molecular complexity index is 712. The maximum Gasteiger partial charge on any atom is 0.507 e. The monoisotopic (exact) mass is 366 g/mol. The Morgan fingerprint density at radius 1 is 1.33 bits per heavy atom. The lowest BCUT2D eigenvalue weighted by molar-refractivity contribution is -0.384. The van der Waals surface area contributed by atoms with Crippen LogP contribution in [0.3, 0.4) is 0 Å². The summed E-state index contributed by atoms with van der Waals surface area (Å²) in [5.74, 6) is 0. The molecule has 1 unspecified atom stereocenters. The van der Waals surface area contributed by atoms with Crippen LogP contribution in [-0.4, -0.2) is 21.2 Å². The molecular weight excluding hydrogens is 352 g/mol. The zero-order chi connectivity index (χ0) is 17.6. The van der Waals surface area contributed by atoms with Gasteiger partial charge < -0.3 is 9.84 Å². The first-order chi connectivity index (χ1) is 11.5. The average Bonchev–Trinajstić information content (AvgIpc) is 2.59. The van der Waals surface area contributed by atoms with E-state index < -0.39 is 16.0 Å². The summed E-state index contributed by atoms with van der Waals surface area (Å²) in [7, 11) is 2.48. The second kappa shape index (κ2) is 8.02. The molecule has 0 radical (unpaired) electrons. The predicted octanol–water partition coefficient (Wildman–Crippen LogP) is 4.69. The Hall–Kier alpha value is -2.26. The molecule has 24 heavy (non-hydrogen) atoms. The summed E-state index contributed by atoms with van der Waals surface area (Å²) < 4.78 is 5.16. The van der Waals surface area contributed by atoms with Crippen LogP contribution < -0.4 is 0 Å². The van der Waals surface area contributed by atoms with Gasteiger partial charge in [0.05, 0.1) is 4.92 Å². The molecule has 7 nitrogen and oxygen atoms in total. The standard InChI is InChI=1S/C15H14N2O5S2/c1-2-15(22-14(18)19,24-23-13-5-3-4-10-16-13)11-6-8-12(9-7-11)17(20)21/h3-10H,2H2,1H3,(H,18,19). The fourth-order valence-electron chi connectivity index (χ4n) is 1.94. The highest BCUT2D eigenvalue weighted by molar-refractivity contribution is 8.76. The second-order valence-electron chi connectivity index (χ2n) is 4.61. The highest BCUT2D eigenvalue weighted by atomic mass is 33.1. The van der Waals surface area contributed by atoms with Crippen molar-refractivity contribution in [2.24, 2.45) is 0 Å². The topological polar surface area (TPSA) is 103 Å². The van der Waals surface area contributed by atoms with E-state index in [9.17, 15) is 14.9 Å². The van der Waals surface area contributed by atoms with E-state index in [0.29, 0.717) is 17.0 Å². The largest absolute Gasteiger partial charge is 0.507 e. The van der Waals surface area contributed by atoms with Crippen molar-refractivity contribution in [3.8, 4) is 0 Å². The smallest absolute Gasteiger partial charge is 0.450 e. The van der Waals surface area contributed by atoms with Crippen molar-refractivity contribution in [3.05, 3.63) is 64.3 Å². The van der Waals surface area contributed by atoms with Gasteiger partial charge in [0.2, 0.25) is 0 Å². The minimum Gasteiger partial charge on any atom is -0.450 e. The van der Waals surface area contributed by atoms with Crippen molar-refractivity contribution in [2.45, 2.75) is 23.3 Å². The maximum atomic E-state index is 11.2. The molecule has 0 aliphatic carbocycles. The highest BCUT2D eigenvalue weighted by Crippen LogP contribution is 2.49. The van der Waals surface area contributed by atoms with Crippen LogP contribution in [0.5, 0.6) is 0 Å². The van der Waals surface area contributed by atoms with Gasteiger partial charge in [0.15, 0.2) is 4.93 Å². The van der Waals surface area contributed by atoms with E-state index in [1.165, 1.54) is 45.9 Å². The van der Waals surface area contributed by atoms with Gasteiger partial charge in [0, 0.05) is 23.9 Å². The number of carbonyl (C=O) groups is 1. The zero-order valence-corrected chi connectivity index (χ0v) is 14.3. The number of nitrogens with zero attached hydrogens (tertiary/aromatic N) is 2. The molecule has 126 valence electrons. The number of aromatic nitrogens is 1. The van der Waals surface area contributed by atoms with Crippen LogP contribution in [0.4, 0.5) is 10.5 Å². The molecule has 0 amide bonds. The zero-order valence-electron chi connectivity index (χ0n) is 12.6. The Morgan fingerprint density at radius 3 is 2.54 bits per heavy atom. The summed E-state index contributed by atoms with van der Waals surface area (Å²) in [6, 6.07) is 11.1. The molecule has 1 heterocycles. The third-order valence-electron chi connectivity index (χ3n) is 3.13. The fraction of sp³-hybridized carbons (Fsp3) is 0.200. The van der Waals surface area contributed by atoms with Gasteiger partial charge in [-0.25, -0.2) is 9.78 Å². The van der Waals surface area contributed by atoms with E-state index in [2.05, 4.69) is 4.98 Å². The van der Waals surface area contributed by atoms with Gasteiger partial charge in [-0.1, -0.05) is 13.0 Å². The third-order valence-corrected chi connectivity index (χ3v) is 6.08. The molecule has 2 aromatic rings. The molecule has 0 saturated carbocycles. The van der Waals surface area contributed by atoms with Crippen LogP contribution in [0.1, 0.15) is 18.9 Å². The molecule has 9 heteroatoms. The maximum absolute atomic E-state index is 11.2. The summed E-state index contributed by atoms with van der Waals surface area (Å²) in [6.07, 6.45) is 0.575. The molecule has 0 fully saturated rings. The molecular formula is C15H14N2O5S2. The van der Waals surface area contributed by atoms with Crippen LogP contribution in [-0.2, 0) is 9.67 Å². The van der Waals surface area contributed by atoms with Crippen molar-refractivity contribution in [3.63, 3.8) is 0 Å². The van der Waals surface area contributed by atoms with Gasteiger partial charge in [-0.2, -0.15) is 0 Å². The molecule has 0 saturated heterocycles. The number of rotatable bonds is 7.